The van der Waals surface area contributed by atoms with Gasteiger partial charge in [-0.1, -0.05) is 78.9 Å². The van der Waals surface area contributed by atoms with Crippen LogP contribution >= 0.6 is 22.7 Å². The molecule has 246 valence electrons. The highest BCUT2D eigenvalue weighted by Crippen LogP contribution is 2.49. The third-order valence-electron chi connectivity index (χ3n) is 10.5. The Kier molecular flexibility index (Phi) is 6.54. The molecule has 0 N–H and O–H groups in total. The summed E-state index contributed by atoms with van der Waals surface area (Å²) in [4.78, 5) is 16.5. The van der Waals surface area contributed by atoms with Crippen LogP contribution in [-0.2, 0) is 0 Å². The summed E-state index contributed by atoms with van der Waals surface area (Å²) in [6, 6.07) is 51.0. The van der Waals surface area contributed by atoms with Crippen molar-refractivity contribution in [2.75, 3.05) is 16.3 Å². The number of hydrogen-bond donors (Lipinski definition) is 0. The van der Waals surface area contributed by atoms with Crippen molar-refractivity contribution in [3.8, 4) is 0 Å². The Morgan fingerprint density at radius 3 is 1.62 bits per heavy atom. The number of aromatic nitrogens is 2. The first kappa shape index (κ1) is 29.6. The van der Waals surface area contributed by atoms with Crippen LogP contribution in [0.4, 0.5) is 28.4 Å². The normalized spacial score (nSPS) is 12.0. The second-order valence-corrected chi connectivity index (χ2v) is 15.2. The van der Waals surface area contributed by atoms with E-state index in [4.69, 9.17) is 9.97 Å². The van der Waals surface area contributed by atoms with Crippen LogP contribution in [0.1, 0.15) is 6.92 Å². The minimum Gasteiger partial charge on any atom is -0.340 e. The molecule has 11 rings (SSSR count). The van der Waals surface area contributed by atoms with Gasteiger partial charge >= 0.3 is 0 Å². The highest BCUT2D eigenvalue weighted by molar-refractivity contribution is 7.26. The molecule has 4 nitrogen and oxygen atoms in total. The maximum absolute atomic E-state index is 4.74. The highest BCUT2D eigenvalue weighted by atomic mass is 32.1. The number of hydrogen-bond acceptors (Lipinski definition) is 6. The monoisotopic (exact) mass is 702 g/mol. The summed E-state index contributed by atoms with van der Waals surface area (Å²) in [5, 5.41) is 12.5. The predicted octanol–water partition coefficient (Wildman–Crippen LogP) is 13.7. The Morgan fingerprint density at radius 2 is 0.981 bits per heavy atom. The van der Waals surface area contributed by atoms with Crippen molar-refractivity contribution in [2.45, 2.75) is 6.92 Å². The molecule has 0 atom stereocenters. The minimum absolute atomic E-state index is 0.839. The van der Waals surface area contributed by atoms with Gasteiger partial charge in [-0.3, -0.25) is 0 Å². The van der Waals surface area contributed by atoms with Crippen molar-refractivity contribution in [1.29, 1.82) is 0 Å². The van der Waals surface area contributed by atoms with E-state index < -0.39 is 0 Å². The number of benzene rings is 7. The number of nitrogens with zero attached hydrogens (tertiary/aromatic N) is 4. The average molecular weight is 703 g/mol. The Morgan fingerprint density at radius 1 is 0.442 bits per heavy atom. The Labute approximate surface area is 307 Å². The standard InChI is InChI=1S/C46H30N4S2/c1-2-49(39-16-6-12-31-33-14-8-26-47-45(33)51-43(31)39)37-24-20-28-19-23-36-38(25-21-29-18-22-35(37)41(28)42(29)36)50(30-10-4-3-5-11-30)40-17-7-13-32-34-15-9-27-48-46(34)52-44(32)40/h3-27H,2H2,1H3. The molecule has 4 heterocycles. The van der Waals surface area contributed by atoms with Gasteiger partial charge in [-0.05, 0) is 89.1 Å². The molecule has 0 spiro atoms. The zero-order valence-corrected chi connectivity index (χ0v) is 29.9. The van der Waals surface area contributed by atoms with Crippen molar-refractivity contribution in [3.63, 3.8) is 0 Å². The van der Waals surface area contributed by atoms with Crippen molar-refractivity contribution >= 4 is 124 Å². The van der Waals surface area contributed by atoms with Crippen molar-refractivity contribution < 1.29 is 0 Å². The Hall–Kier alpha value is -6.08. The van der Waals surface area contributed by atoms with E-state index in [-0.39, 0.29) is 0 Å². The van der Waals surface area contributed by atoms with Crippen LogP contribution in [0.15, 0.2) is 152 Å². The Balaban J connectivity index is 1.16. The quantitative estimate of drug-likeness (QED) is 0.162. The molecule has 0 aliphatic rings. The maximum atomic E-state index is 4.74. The van der Waals surface area contributed by atoms with Crippen LogP contribution < -0.4 is 9.80 Å². The summed E-state index contributed by atoms with van der Waals surface area (Å²) in [5.74, 6) is 0. The van der Waals surface area contributed by atoms with Crippen LogP contribution in [-0.4, -0.2) is 16.5 Å². The molecule has 6 heteroatoms. The van der Waals surface area contributed by atoms with Gasteiger partial charge < -0.3 is 9.80 Å². The molecule has 0 amide bonds. The van der Waals surface area contributed by atoms with Crippen molar-refractivity contribution in [2.24, 2.45) is 0 Å². The molecule has 0 aliphatic heterocycles. The molecule has 0 saturated heterocycles. The summed E-state index contributed by atoms with van der Waals surface area (Å²) in [7, 11) is 0. The molecule has 0 aliphatic carbocycles. The summed E-state index contributed by atoms with van der Waals surface area (Å²) < 4.78 is 2.51. The topological polar surface area (TPSA) is 32.3 Å². The van der Waals surface area contributed by atoms with Gasteiger partial charge in [0.25, 0.3) is 0 Å². The fraction of sp³-hybridized carbons (Fsp3) is 0.0435. The lowest BCUT2D eigenvalue weighted by Crippen LogP contribution is -2.16. The van der Waals surface area contributed by atoms with E-state index in [9.17, 15) is 0 Å². The first-order valence-electron chi connectivity index (χ1n) is 17.6. The van der Waals surface area contributed by atoms with E-state index in [1.54, 1.807) is 22.7 Å². The fourth-order valence-electron chi connectivity index (χ4n) is 8.28. The molecule has 0 saturated carbocycles. The van der Waals surface area contributed by atoms with Crippen LogP contribution in [0.5, 0.6) is 0 Å². The van der Waals surface area contributed by atoms with E-state index in [1.807, 2.05) is 24.5 Å². The molecular weight excluding hydrogens is 673 g/mol. The van der Waals surface area contributed by atoms with Gasteiger partial charge in [0.1, 0.15) is 9.66 Å². The molecule has 0 radical (unpaired) electrons. The van der Waals surface area contributed by atoms with E-state index in [1.165, 1.54) is 74.6 Å². The molecule has 11 aromatic rings. The summed E-state index contributed by atoms with van der Waals surface area (Å²) in [6.45, 7) is 3.09. The molecule has 7 aromatic carbocycles. The smallest absolute Gasteiger partial charge is 0.124 e. The third-order valence-corrected chi connectivity index (χ3v) is 12.8. The summed E-state index contributed by atoms with van der Waals surface area (Å²) in [6.07, 6.45) is 3.78. The second kappa shape index (κ2) is 11.5. The van der Waals surface area contributed by atoms with E-state index in [2.05, 4.69) is 144 Å². The lowest BCUT2D eigenvalue weighted by molar-refractivity contribution is 1.04. The van der Waals surface area contributed by atoms with Crippen molar-refractivity contribution in [3.05, 3.63) is 152 Å². The highest BCUT2D eigenvalue weighted by Gasteiger charge is 2.23. The number of rotatable bonds is 6. The number of anilines is 5. The zero-order chi connectivity index (χ0) is 34.3. The fourth-order valence-corrected chi connectivity index (χ4v) is 10.6. The van der Waals surface area contributed by atoms with Gasteiger partial charge in [0.05, 0.1) is 26.5 Å². The maximum Gasteiger partial charge on any atom is 0.124 e. The van der Waals surface area contributed by atoms with Crippen LogP contribution in [0.2, 0.25) is 0 Å². The van der Waals surface area contributed by atoms with E-state index >= 15 is 0 Å². The Bertz CT molecular complexity index is 3140. The lowest BCUT2D eigenvalue weighted by Gasteiger charge is -2.29. The zero-order valence-electron chi connectivity index (χ0n) is 28.2. The second-order valence-electron chi connectivity index (χ2n) is 13.2. The number of para-hydroxylation sites is 1. The third kappa shape index (κ3) is 4.25. The molecular formula is C46H30N4S2. The SMILES string of the molecule is CCN(c1ccc2ccc3c(N(c4ccccc4)c4cccc5c4sc4ncccc45)ccc4ccc1c2c43)c1cccc2c1sc1ncccc12. The number of thiophene rings is 2. The van der Waals surface area contributed by atoms with Gasteiger partial charge in [-0.15, -0.1) is 22.7 Å². The molecule has 0 fully saturated rings. The van der Waals surface area contributed by atoms with Crippen LogP contribution in [0.25, 0.3) is 72.9 Å². The summed E-state index contributed by atoms with van der Waals surface area (Å²) >= 11 is 3.55. The first-order chi connectivity index (χ1) is 25.8. The van der Waals surface area contributed by atoms with Gasteiger partial charge in [0.2, 0.25) is 0 Å². The van der Waals surface area contributed by atoms with Gasteiger partial charge in [0, 0.05) is 62.6 Å². The van der Waals surface area contributed by atoms with Crippen LogP contribution in [0.3, 0.4) is 0 Å². The van der Waals surface area contributed by atoms with E-state index in [0.717, 1.165) is 33.3 Å². The first-order valence-corrected chi connectivity index (χ1v) is 19.3. The summed E-state index contributed by atoms with van der Waals surface area (Å²) in [5.41, 5.74) is 5.88. The molecule has 52 heavy (non-hydrogen) atoms. The number of pyridine rings is 2. The van der Waals surface area contributed by atoms with E-state index in [0.29, 0.717) is 0 Å². The lowest BCUT2D eigenvalue weighted by atomic mass is 9.92. The van der Waals surface area contributed by atoms with Gasteiger partial charge in [-0.2, -0.15) is 0 Å². The predicted molar refractivity (Wildman–Crippen MR) is 225 cm³/mol. The molecule has 4 aromatic heterocycles. The molecule has 0 bridgehead atoms. The largest absolute Gasteiger partial charge is 0.340 e. The average Bonchev–Trinajstić information content (AvgIpc) is 3.78. The van der Waals surface area contributed by atoms with Gasteiger partial charge in [0.15, 0.2) is 0 Å². The van der Waals surface area contributed by atoms with Crippen molar-refractivity contribution in [1.82, 2.24) is 9.97 Å². The number of fused-ring (bicyclic) bond motifs is 6. The molecule has 0 unspecified atom stereocenters. The van der Waals surface area contributed by atoms with Crippen LogP contribution in [0, 0.1) is 0 Å². The minimum atomic E-state index is 0.839. The van der Waals surface area contributed by atoms with Gasteiger partial charge in [-0.25, -0.2) is 9.97 Å².